The third kappa shape index (κ3) is 11.5. The topological polar surface area (TPSA) is 213 Å². The van der Waals surface area contributed by atoms with Crippen LogP contribution in [0.1, 0.15) is 34.6 Å². The smallest absolute Gasteiger partial charge is 0.336 e. The second-order valence-corrected chi connectivity index (χ2v) is 11.2. The summed E-state index contributed by atoms with van der Waals surface area (Å²) in [6.07, 6.45) is 4.52. The highest BCUT2D eigenvalue weighted by Crippen LogP contribution is 2.29. The number of rotatable bonds is 13. The van der Waals surface area contributed by atoms with Gasteiger partial charge in [0, 0.05) is 17.1 Å². The number of esters is 1. The molecule has 0 spiro atoms. The van der Waals surface area contributed by atoms with Gasteiger partial charge in [-0.25, -0.2) is 9.59 Å². The summed E-state index contributed by atoms with van der Waals surface area (Å²) in [5.74, 6) is -2.49. The zero-order valence-corrected chi connectivity index (χ0v) is 26.5. The Morgan fingerprint density at radius 3 is 1.74 bits per heavy atom. The molecule has 0 bridgehead atoms. The Morgan fingerprint density at radius 2 is 1.20 bits per heavy atom. The van der Waals surface area contributed by atoms with Gasteiger partial charge in [0.25, 0.3) is 0 Å². The van der Waals surface area contributed by atoms with Crippen LogP contribution in [0.3, 0.4) is 0 Å². The molecular formula is C33H46O13. The van der Waals surface area contributed by atoms with E-state index in [9.17, 15) is 40.2 Å². The Morgan fingerprint density at radius 1 is 0.674 bits per heavy atom. The Kier molecular flexibility index (Phi) is 15.9. The van der Waals surface area contributed by atoms with E-state index in [1.165, 1.54) is 19.9 Å². The first-order valence-corrected chi connectivity index (χ1v) is 14.8. The quantitative estimate of drug-likeness (QED) is 0.0842. The van der Waals surface area contributed by atoms with E-state index in [0.29, 0.717) is 0 Å². The van der Waals surface area contributed by atoms with E-state index < -0.39 is 86.4 Å². The summed E-state index contributed by atoms with van der Waals surface area (Å²) < 4.78 is 21.9. The van der Waals surface area contributed by atoms with Gasteiger partial charge in [0.1, 0.15) is 36.6 Å². The lowest BCUT2D eigenvalue weighted by Crippen LogP contribution is -2.60. The van der Waals surface area contributed by atoms with Gasteiger partial charge in [0.2, 0.25) is 6.29 Å². The van der Waals surface area contributed by atoms with Crippen LogP contribution in [-0.2, 0) is 28.5 Å². The highest BCUT2D eigenvalue weighted by atomic mass is 16.7. The molecule has 0 saturated carbocycles. The van der Waals surface area contributed by atoms with Crippen molar-refractivity contribution in [2.75, 3.05) is 13.2 Å². The van der Waals surface area contributed by atoms with Crippen molar-refractivity contribution >= 4 is 11.9 Å². The Balaban J connectivity index is 1.94. The number of hydrogen-bond donors (Lipinski definition) is 7. The zero-order valence-electron chi connectivity index (χ0n) is 26.5. The molecule has 0 aromatic carbocycles. The second-order valence-electron chi connectivity index (χ2n) is 11.2. The van der Waals surface area contributed by atoms with Crippen LogP contribution in [0.5, 0.6) is 0 Å². The van der Waals surface area contributed by atoms with Gasteiger partial charge >= 0.3 is 11.9 Å². The lowest BCUT2D eigenvalue weighted by molar-refractivity contribution is -0.321. The molecule has 2 saturated heterocycles. The third-order valence-electron chi connectivity index (χ3n) is 7.40. The van der Waals surface area contributed by atoms with Gasteiger partial charge < -0.3 is 54.7 Å². The summed E-state index contributed by atoms with van der Waals surface area (Å²) in [7, 11) is 0. The summed E-state index contributed by atoms with van der Waals surface area (Å²) in [4.78, 5) is 23.6. The molecule has 2 aliphatic heterocycles. The molecule has 256 valence electrons. The molecule has 2 fully saturated rings. The highest BCUT2D eigenvalue weighted by molar-refractivity contribution is 5.88. The van der Waals surface area contributed by atoms with E-state index in [2.05, 4.69) is 0 Å². The number of hydrogen-bond acceptors (Lipinski definition) is 12. The number of aliphatic hydroxyl groups excluding tert-OH is 6. The maximum absolute atomic E-state index is 12.8. The molecule has 0 aliphatic carbocycles. The number of ether oxygens (including phenoxy) is 4. The standard InChI is InChI=1S/C33H46O13/c1-18(12-8-14-20(3)30(40)41)10-6-7-11-19(2)13-9-15-21(4)31(42)46-32-22(5)25(35)27(37)24(45-32)17-43-33-29(39)28(38)26(36)23(16-34)44-33/h6-15,22-29,32-39H,16-17H2,1-5H3,(H,40,41)/b7-6+,12-8+,13-9+,18-10-,19-11+,20-14+,21-15+/t22?,23?,24?,25-,26-,27-,28+,29+,32+,33?/m1/s1. The van der Waals surface area contributed by atoms with Gasteiger partial charge in [-0.1, -0.05) is 78.8 Å². The summed E-state index contributed by atoms with van der Waals surface area (Å²) in [6, 6.07) is 0. The third-order valence-corrected chi connectivity index (χ3v) is 7.40. The van der Waals surface area contributed by atoms with Crippen LogP contribution in [0.25, 0.3) is 0 Å². The van der Waals surface area contributed by atoms with Crippen molar-refractivity contribution in [1.82, 2.24) is 0 Å². The minimum Gasteiger partial charge on any atom is -0.478 e. The fraction of sp³-hybridized carbons (Fsp3) is 0.515. The van der Waals surface area contributed by atoms with E-state index in [1.54, 1.807) is 37.3 Å². The van der Waals surface area contributed by atoms with Crippen molar-refractivity contribution in [3.63, 3.8) is 0 Å². The van der Waals surface area contributed by atoms with Gasteiger partial charge in [0.05, 0.1) is 19.3 Å². The number of carbonyl (C=O) groups is 2. The molecule has 13 nitrogen and oxygen atoms in total. The molecule has 4 unspecified atom stereocenters. The van der Waals surface area contributed by atoms with E-state index in [0.717, 1.165) is 11.1 Å². The molecule has 2 heterocycles. The minimum absolute atomic E-state index is 0.239. The largest absolute Gasteiger partial charge is 0.478 e. The fourth-order valence-electron chi connectivity index (χ4n) is 4.29. The van der Waals surface area contributed by atoms with E-state index in [-0.39, 0.29) is 11.1 Å². The molecule has 0 amide bonds. The lowest BCUT2D eigenvalue weighted by Gasteiger charge is -2.43. The second kappa shape index (κ2) is 18.8. The van der Waals surface area contributed by atoms with Crippen LogP contribution in [-0.4, -0.2) is 116 Å². The molecular weight excluding hydrogens is 604 g/mol. The van der Waals surface area contributed by atoms with Crippen LogP contribution < -0.4 is 0 Å². The van der Waals surface area contributed by atoms with Gasteiger partial charge in [-0.2, -0.15) is 0 Å². The number of aliphatic carboxylic acids is 1. The number of allylic oxidation sites excluding steroid dienone is 12. The van der Waals surface area contributed by atoms with Crippen molar-refractivity contribution < 1.29 is 64.3 Å². The molecule has 13 heteroatoms. The van der Waals surface area contributed by atoms with Crippen LogP contribution in [0, 0.1) is 5.92 Å². The first-order valence-electron chi connectivity index (χ1n) is 14.8. The SMILES string of the molecule is CC(=C/C=C/C=C(C)/C=C/C=C(\C)C(=O)O[C@@H]1OC(COC2OC(CO)[C@@H](O)[C@H](O)[C@@H]2O)[C@@H](O)[C@H](O)C1C)/C=C/C=C(\C)C(=O)O. The average molecular weight is 651 g/mol. The van der Waals surface area contributed by atoms with Gasteiger partial charge in [-0.15, -0.1) is 0 Å². The maximum atomic E-state index is 12.8. The number of carboxylic acids is 1. The van der Waals surface area contributed by atoms with Gasteiger partial charge in [-0.05, 0) is 27.7 Å². The van der Waals surface area contributed by atoms with Crippen molar-refractivity contribution in [2.45, 2.75) is 89.9 Å². The van der Waals surface area contributed by atoms with Gasteiger partial charge in [-0.3, -0.25) is 0 Å². The molecule has 0 radical (unpaired) electrons. The minimum atomic E-state index is -1.67. The molecule has 10 atom stereocenters. The van der Waals surface area contributed by atoms with E-state index in [1.807, 2.05) is 38.2 Å². The predicted octanol–water partition coefficient (Wildman–Crippen LogP) is 0.967. The summed E-state index contributed by atoms with van der Waals surface area (Å²) in [6.45, 7) is 7.24. The fourth-order valence-corrected chi connectivity index (χ4v) is 4.29. The normalized spacial score (nSPS) is 33.7. The summed E-state index contributed by atoms with van der Waals surface area (Å²) >= 11 is 0. The first kappa shape index (κ1) is 38.9. The number of carboxylic acid groups (broad SMARTS) is 1. The highest BCUT2D eigenvalue weighted by Gasteiger charge is 2.47. The number of carbonyl (C=O) groups excluding carboxylic acids is 1. The molecule has 46 heavy (non-hydrogen) atoms. The summed E-state index contributed by atoms with van der Waals surface area (Å²) in [5.41, 5.74) is 2.29. The monoisotopic (exact) mass is 650 g/mol. The van der Waals surface area contributed by atoms with Gasteiger partial charge in [0.15, 0.2) is 6.29 Å². The van der Waals surface area contributed by atoms with Crippen LogP contribution in [0.15, 0.2) is 83.1 Å². The molecule has 0 aromatic heterocycles. The average Bonchev–Trinajstić information content (AvgIpc) is 3.02. The molecule has 0 aromatic rings. The van der Waals surface area contributed by atoms with Crippen LogP contribution >= 0.6 is 0 Å². The van der Waals surface area contributed by atoms with E-state index in [4.69, 9.17) is 24.1 Å². The maximum Gasteiger partial charge on any atom is 0.336 e. The van der Waals surface area contributed by atoms with Crippen molar-refractivity contribution in [3.05, 3.63) is 83.1 Å². The summed E-state index contributed by atoms with van der Waals surface area (Å²) in [5, 5.41) is 69.3. The number of aliphatic hydroxyl groups is 6. The Labute approximate surface area is 268 Å². The van der Waals surface area contributed by atoms with Crippen molar-refractivity contribution in [3.8, 4) is 0 Å². The van der Waals surface area contributed by atoms with Crippen molar-refractivity contribution in [2.24, 2.45) is 5.92 Å². The Bertz CT molecular complexity index is 1240. The van der Waals surface area contributed by atoms with Crippen LogP contribution in [0.2, 0.25) is 0 Å². The van der Waals surface area contributed by atoms with Crippen LogP contribution in [0.4, 0.5) is 0 Å². The van der Waals surface area contributed by atoms with Crippen molar-refractivity contribution in [1.29, 1.82) is 0 Å². The Hall–Kier alpha value is -3.24. The zero-order chi connectivity index (χ0) is 34.6. The first-order chi connectivity index (χ1) is 21.7. The molecule has 2 aliphatic rings. The van der Waals surface area contributed by atoms with E-state index >= 15 is 0 Å². The predicted molar refractivity (Wildman–Crippen MR) is 166 cm³/mol. The molecule has 2 rings (SSSR count). The molecule has 7 N–H and O–H groups in total. The lowest BCUT2D eigenvalue weighted by atomic mass is 9.92.